The van der Waals surface area contributed by atoms with Crippen molar-refractivity contribution in [2.45, 2.75) is 90.6 Å². The highest BCUT2D eigenvalue weighted by molar-refractivity contribution is 7.17. The van der Waals surface area contributed by atoms with E-state index in [0.717, 1.165) is 37.9 Å². The lowest BCUT2D eigenvalue weighted by atomic mass is 9.98. The first kappa shape index (κ1) is 49.0. The summed E-state index contributed by atoms with van der Waals surface area (Å²) in [5.74, 6) is -3.39. The molecular formula is C46H51Cl3N2O9S. The molecule has 326 valence electrons. The fraction of sp³-hybridized carbons (Fsp3) is 0.348. The molecule has 4 unspecified atom stereocenters. The molecule has 0 saturated carbocycles. The Morgan fingerprint density at radius 1 is 0.590 bits per heavy atom. The van der Waals surface area contributed by atoms with Crippen LogP contribution in [0.4, 0.5) is 0 Å². The van der Waals surface area contributed by atoms with Crippen molar-refractivity contribution in [1.29, 1.82) is 0 Å². The maximum absolute atomic E-state index is 11.8. The Hall–Kier alpha value is -4.69. The third-order valence-electron chi connectivity index (χ3n) is 9.52. The van der Waals surface area contributed by atoms with Gasteiger partial charge in [0.2, 0.25) is 0 Å². The number of hydrogen-bond acceptors (Lipinski definition) is 8. The van der Waals surface area contributed by atoms with Gasteiger partial charge in [0.15, 0.2) is 0 Å². The molecule has 11 nitrogen and oxygen atoms in total. The van der Waals surface area contributed by atoms with Crippen molar-refractivity contribution in [3.05, 3.63) is 133 Å². The molecule has 15 heteroatoms. The highest BCUT2D eigenvalue weighted by Gasteiger charge is 2.28. The lowest BCUT2D eigenvalue weighted by molar-refractivity contribution is -0.144. The van der Waals surface area contributed by atoms with E-state index in [1.54, 1.807) is 29.5 Å². The second-order valence-corrected chi connectivity index (χ2v) is 17.9. The van der Waals surface area contributed by atoms with Gasteiger partial charge < -0.3 is 25.2 Å². The van der Waals surface area contributed by atoms with Gasteiger partial charge in [-0.1, -0.05) is 98.9 Å². The molecule has 5 aromatic rings. The van der Waals surface area contributed by atoms with Crippen LogP contribution in [0.3, 0.4) is 0 Å². The molecule has 0 aliphatic carbocycles. The summed E-state index contributed by atoms with van der Waals surface area (Å²) in [6.45, 7) is 7.97. The molecule has 0 aliphatic rings. The van der Waals surface area contributed by atoms with Crippen LogP contribution in [0, 0.1) is 11.8 Å². The van der Waals surface area contributed by atoms with Gasteiger partial charge in [-0.25, -0.2) is 0 Å². The van der Waals surface area contributed by atoms with Gasteiger partial charge in [-0.05, 0) is 120 Å². The summed E-state index contributed by atoms with van der Waals surface area (Å²) in [6, 6.07) is 22.0. The van der Waals surface area contributed by atoms with E-state index in [1.165, 1.54) is 0 Å². The third kappa shape index (κ3) is 16.3. The first-order valence-corrected chi connectivity index (χ1v) is 21.7. The van der Waals surface area contributed by atoms with Gasteiger partial charge in [0.25, 0.3) is 0 Å². The largest absolute Gasteiger partial charge is 0.489 e. The van der Waals surface area contributed by atoms with Gasteiger partial charge >= 0.3 is 23.9 Å². The van der Waals surface area contributed by atoms with Gasteiger partial charge in [-0.2, -0.15) is 0 Å². The number of ether oxygens (including phenoxy) is 1. The van der Waals surface area contributed by atoms with Crippen LogP contribution in [0.25, 0.3) is 10.1 Å². The number of carboxylic acid groups (broad SMARTS) is 4. The molecule has 1 aromatic heterocycles. The van der Waals surface area contributed by atoms with E-state index < -0.39 is 48.0 Å². The number of thiophene rings is 1. The van der Waals surface area contributed by atoms with Gasteiger partial charge in [0.1, 0.15) is 36.5 Å². The van der Waals surface area contributed by atoms with E-state index in [2.05, 4.69) is 10.6 Å². The molecular weight excluding hydrogens is 863 g/mol. The minimum Gasteiger partial charge on any atom is -0.489 e. The molecule has 1 heterocycles. The van der Waals surface area contributed by atoms with E-state index in [4.69, 9.17) is 39.5 Å². The smallest absolute Gasteiger partial charge is 0.321 e. The standard InChI is InChI=1S/C24H26ClNO5S.C22H25Cl2NO4/c1-14(2)8-20(23(27)28)26-21(24(29)30)10-15-4-3-5-18(9-15)31-12-16-13-32-22-7-6-17(25)11-19(16)22;1-13(2)6-19(21(26)27)25-20(22(28)29)11-15-5-3-4-14(7-15)8-16-9-17(23)12-18(24)10-16/h3-7,9,11,13-14,20-21,26H,8,10,12H2,1-2H3,(H,27,28)(H,29,30);3-5,7,9-10,12-13,19-20,25H,6,8,11H2,1-2H3,(H,26,27)(H,28,29). The Labute approximate surface area is 374 Å². The monoisotopic (exact) mass is 912 g/mol. The summed E-state index contributed by atoms with van der Waals surface area (Å²) >= 11 is 19.9. The van der Waals surface area contributed by atoms with E-state index in [0.29, 0.717) is 46.7 Å². The molecule has 0 saturated heterocycles. The quantitative estimate of drug-likeness (QED) is 0.0412. The number of hydrogen-bond donors (Lipinski definition) is 6. The van der Waals surface area contributed by atoms with E-state index in [9.17, 15) is 39.6 Å². The number of carboxylic acids is 4. The first-order chi connectivity index (χ1) is 28.9. The Morgan fingerprint density at radius 3 is 1.62 bits per heavy atom. The van der Waals surface area contributed by atoms with Crippen molar-refractivity contribution in [3.8, 4) is 5.75 Å². The number of fused-ring (bicyclic) bond motifs is 1. The first-order valence-electron chi connectivity index (χ1n) is 19.7. The molecule has 0 fully saturated rings. The fourth-order valence-corrected chi connectivity index (χ4v) is 8.39. The molecule has 5 rings (SSSR count). The van der Waals surface area contributed by atoms with E-state index in [1.807, 2.05) is 99.8 Å². The Balaban J connectivity index is 0.000000270. The van der Waals surface area contributed by atoms with Gasteiger partial charge in [0, 0.05) is 30.7 Å². The minimum absolute atomic E-state index is 0.123. The number of benzene rings is 4. The minimum atomic E-state index is -1.09. The summed E-state index contributed by atoms with van der Waals surface area (Å²) in [6.07, 6.45) is 1.63. The number of halogens is 3. The van der Waals surface area contributed by atoms with Crippen molar-refractivity contribution >= 4 is 80.1 Å². The fourth-order valence-electron chi connectivity index (χ4n) is 6.72. The second kappa shape index (κ2) is 23.5. The maximum atomic E-state index is 11.8. The molecule has 6 N–H and O–H groups in total. The molecule has 4 atom stereocenters. The van der Waals surface area contributed by atoms with Crippen molar-refractivity contribution in [1.82, 2.24) is 10.6 Å². The van der Waals surface area contributed by atoms with E-state index in [-0.39, 0.29) is 24.7 Å². The number of nitrogens with one attached hydrogen (secondary N) is 2. The van der Waals surface area contributed by atoms with Crippen LogP contribution in [0.15, 0.2) is 90.3 Å². The number of carbonyl (C=O) groups is 4. The number of aliphatic carboxylic acids is 4. The molecule has 61 heavy (non-hydrogen) atoms. The summed E-state index contributed by atoms with van der Waals surface area (Å²) in [5, 5.41) is 48.5. The SMILES string of the molecule is CC(C)CC(NC(Cc1cccc(Cc2cc(Cl)cc(Cl)c2)c1)C(=O)O)C(=O)O.CC(C)CC(NC(Cc1cccc(OCc2csc3ccc(Cl)cc23)c1)C(=O)O)C(=O)O. The Morgan fingerprint density at radius 2 is 1.10 bits per heavy atom. The zero-order valence-corrected chi connectivity index (χ0v) is 37.3. The van der Waals surface area contributed by atoms with Crippen LogP contribution in [0.5, 0.6) is 5.75 Å². The van der Waals surface area contributed by atoms with Crippen LogP contribution in [0.2, 0.25) is 15.1 Å². The van der Waals surface area contributed by atoms with Crippen LogP contribution >= 0.6 is 46.1 Å². The summed E-state index contributed by atoms with van der Waals surface area (Å²) in [5.41, 5.74) is 4.52. The maximum Gasteiger partial charge on any atom is 0.321 e. The summed E-state index contributed by atoms with van der Waals surface area (Å²) < 4.78 is 7.09. The van der Waals surface area contributed by atoms with Gasteiger partial charge in [-0.3, -0.25) is 29.8 Å². The zero-order valence-electron chi connectivity index (χ0n) is 34.2. The molecule has 0 spiro atoms. The topological polar surface area (TPSA) is 182 Å². The molecule has 0 amide bonds. The lowest BCUT2D eigenvalue weighted by Crippen LogP contribution is -2.48. The molecule has 0 bridgehead atoms. The molecule has 0 radical (unpaired) electrons. The predicted molar refractivity (Wildman–Crippen MR) is 242 cm³/mol. The van der Waals surface area contributed by atoms with Crippen LogP contribution < -0.4 is 15.4 Å². The zero-order chi connectivity index (χ0) is 44.8. The third-order valence-corrected chi connectivity index (χ3v) is 11.2. The summed E-state index contributed by atoms with van der Waals surface area (Å²) in [7, 11) is 0. The lowest BCUT2D eigenvalue weighted by Gasteiger charge is -2.22. The van der Waals surface area contributed by atoms with Crippen molar-refractivity contribution in [3.63, 3.8) is 0 Å². The van der Waals surface area contributed by atoms with E-state index >= 15 is 0 Å². The normalized spacial score (nSPS) is 13.3. The molecule has 0 aliphatic heterocycles. The Bertz CT molecular complexity index is 2260. The summed E-state index contributed by atoms with van der Waals surface area (Å²) in [4.78, 5) is 46.5. The van der Waals surface area contributed by atoms with Crippen molar-refractivity contribution < 1.29 is 44.3 Å². The van der Waals surface area contributed by atoms with Crippen molar-refractivity contribution in [2.24, 2.45) is 11.8 Å². The predicted octanol–water partition coefficient (Wildman–Crippen LogP) is 9.89. The second-order valence-electron chi connectivity index (χ2n) is 15.7. The highest BCUT2D eigenvalue weighted by Crippen LogP contribution is 2.30. The Kier molecular flexibility index (Phi) is 18.9. The highest BCUT2D eigenvalue weighted by atomic mass is 35.5. The molecule has 4 aromatic carbocycles. The van der Waals surface area contributed by atoms with Crippen LogP contribution in [-0.4, -0.2) is 68.5 Å². The van der Waals surface area contributed by atoms with Gasteiger partial charge in [0.05, 0.1) is 0 Å². The average Bonchev–Trinajstić information content (AvgIpc) is 3.57. The van der Waals surface area contributed by atoms with Crippen LogP contribution in [0.1, 0.15) is 68.4 Å². The van der Waals surface area contributed by atoms with Crippen LogP contribution in [-0.2, 0) is 45.0 Å². The van der Waals surface area contributed by atoms with Crippen molar-refractivity contribution in [2.75, 3.05) is 0 Å². The number of rotatable bonds is 21. The average molecular weight is 914 g/mol. The van der Waals surface area contributed by atoms with Gasteiger partial charge in [-0.15, -0.1) is 11.3 Å².